The van der Waals surface area contributed by atoms with Crippen molar-refractivity contribution < 1.29 is 13.9 Å². The fraction of sp³-hybridized carbons (Fsp3) is 0.786. The molecule has 0 bridgehead atoms. The Morgan fingerprint density at radius 1 is 1.44 bits per heavy atom. The molecule has 0 aromatic heterocycles. The van der Waals surface area contributed by atoms with E-state index in [-0.39, 0.29) is 29.0 Å². The van der Waals surface area contributed by atoms with Crippen LogP contribution < -0.4 is 0 Å². The van der Waals surface area contributed by atoms with Gasteiger partial charge in [-0.25, -0.2) is 4.39 Å². The van der Waals surface area contributed by atoms with E-state index >= 15 is 0 Å². The number of methoxy groups -OCH3 is 1. The Morgan fingerprint density at radius 2 is 2.06 bits per heavy atom. The maximum atomic E-state index is 13.9. The molecule has 2 atom stereocenters. The Balaban J connectivity index is 1.94. The highest BCUT2D eigenvalue weighted by Gasteiger charge is 2.61. The summed E-state index contributed by atoms with van der Waals surface area (Å²) in [6.45, 7) is 6.32. The van der Waals surface area contributed by atoms with Gasteiger partial charge in [-0.05, 0) is 43.3 Å². The number of carbonyl (C=O) groups is 1. The molecule has 2 fully saturated rings. The molecule has 18 heavy (non-hydrogen) atoms. The molecule has 102 valence electrons. The fourth-order valence-electron chi connectivity index (χ4n) is 2.97. The highest BCUT2D eigenvalue weighted by Crippen LogP contribution is 2.59. The molecule has 1 aliphatic heterocycles. The monoisotopic (exact) mass is 255 g/mol. The predicted octanol–water partition coefficient (Wildman–Crippen LogP) is 2.38. The van der Waals surface area contributed by atoms with E-state index in [1.54, 1.807) is 6.08 Å². The molecular formula is C14H22FNO2. The standard InChI is InChI=1S/C14H22FNO2/c1-14(2)11(12(14)13(17)18-3)8-10(15)9-16-6-4-5-7-16/h8,11-12H,4-7,9H2,1-3H3/b10-8-/t11-,12-/m1/s1. The lowest BCUT2D eigenvalue weighted by atomic mass is 10.1. The van der Waals surface area contributed by atoms with Crippen LogP contribution >= 0.6 is 0 Å². The third-order valence-electron chi connectivity index (χ3n) is 4.30. The molecule has 4 heteroatoms. The number of hydrogen-bond donors (Lipinski definition) is 0. The molecule has 0 spiro atoms. The zero-order valence-electron chi connectivity index (χ0n) is 11.4. The lowest BCUT2D eigenvalue weighted by Gasteiger charge is -2.12. The Morgan fingerprint density at radius 3 is 2.61 bits per heavy atom. The maximum absolute atomic E-state index is 13.9. The van der Waals surface area contributed by atoms with Gasteiger partial charge in [0.2, 0.25) is 0 Å². The topological polar surface area (TPSA) is 29.5 Å². The predicted molar refractivity (Wildman–Crippen MR) is 67.6 cm³/mol. The molecule has 0 unspecified atom stereocenters. The highest BCUT2D eigenvalue weighted by molar-refractivity contribution is 5.78. The Hall–Kier alpha value is -0.900. The van der Waals surface area contributed by atoms with Gasteiger partial charge >= 0.3 is 5.97 Å². The zero-order valence-corrected chi connectivity index (χ0v) is 11.4. The quantitative estimate of drug-likeness (QED) is 0.722. The van der Waals surface area contributed by atoms with Crippen LogP contribution in [-0.2, 0) is 9.53 Å². The van der Waals surface area contributed by atoms with Crippen molar-refractivity contribution in [2.75, 3.05) is 26.7 Å². The van der Waals surface area contributed by atoms with Gasteiger partial charge in [-0.15, -0.1) is 0 Å². The van der Waals surface area contributed by atoms with Crippen molar-refractivity contribution in [2.45, 2.75) is 26.7 Å². The first kappa shape index (κ1) is 13.5. The summed E-state index contributed by atoms with van der Waals surface area (Å²) in [5.74, 6) is -0.545. The summed E-state index contributed by atoms with van der Waals surface area (Å²) >= 11 is 0. The molecule has 0 amide bonds. The van der Waals surface area contributed by atoms with E-state index in [1.807, 2.05) is 13.8 Å². The van der Waals surface area contributed by atoms with Crippen LogP contribution in [0.5, 0.6) is 0 Å². The van der Waals surface area contributed by atoms with Crippen LogP contribution in [0.4, 0.5) is 4.39 Å². The molecule has 1 saturated carbocycles. The Labute approximate surface area is 108 Å². The van der Waals surface area contributed by atoms with Crippen LogP contribution in [0, 0.1) is 17.3 Å². The van der Waals surface area contributed by atoms with Crippen molar-refractivity contribution in [1.29, 1.82) is 0 Å². The first-order chi connectivity index (χ1) is 8.46. The van der Waals surface area contributed by atoms with Crippen LogP contribution in [-0.4, -0.2) is 37.6 Å². The zero-order chi connectivity index (χ0) is 13.3. The highest BCUT2D eigenvalue weighted by atomic mass is 19.1. The van der Waals surface area contributed by atoms with Crippen LogP contribution in [0.25, 0.3) is 0 Å². The molecule has 0 aromatic carbocycles. The van der Waals surface area contributed by atoms with E-state index in [1.165, 1.54) is 7.11 Å². The van der Waals surface area contributed by atoms with Crippen molar-refractivity contribution in [2.24, 2.45) is 17.3 Å². The fourth-order valence-corrected chi connectivity index (χ4v) is 2.97. The van der Waals surface area contributed by atoms with E-state index in [9.17, 15) is 9.18 Å². The molecule has 3 nitrogen and oxygen atoms in total. The molecule has 0 aromatic rings. The van der Waals surface area contributed by atoms with Gasteiger partial charge in [-0.3, -0.25) is 9.69 Å². The van der Waals surface area contributed by atoms with Crippen LogP contribution in [0.3, 0.4) is 0 Å². The van der Waals surface area contributed by atoms with Crippen molar-refractivity contribution in [3.05, 3.63) is 11.9 Å². The minimum atomic E-state index is -0.227. The first-order valence-corrected chi connectivity index (χ1v) is 6.63. The summed E-state index contributed by atoms with van der Waals surface area (Å²) in [6, 6.07) is 0. The summed E-state index contributed by atoms with van der Waals surface area (Å²) in [5, 5.41) is 0. The van der Waals surface area contributed by atoms with Gasteiger partial charge in [0.15, 0.2) is 0 Å². The van der Waals surface area contributed by atoms with E-state index in [4.69, 9.17) is 4.74 Å². The second-order valence-corrected chi connectivity index (χ2v) is 5.94. The largest absolute Gasteiger partial charge is 0.469 e. The molecule has 2 aliphatic rings. The van der Waals surface area contributed by atoms with Crippen molar-refractivity contribution in [3.63, 3.8) is 0 Å². The smallest absolute Gasteiger partial charge is 0.309 e. The minimum Gasteiger partial charge on any atom is -0.469 e. The Kier molecular flexibility index (Phi) is 3.76. The lowest BCUT2D eigenvalue weighted by molar-refractivity contribution is -0.143. The molecule has 2 rings (SSSR count). The lowest BCUT2D eigenvalue weighted by Crippen LogP contribution is -2.20. The molecule has 1 aliphatic carbocycles. The summed E-state index contributed by atoms with van der Waals surface area (Å²) in [7, 11) is 1.39. The number of halogens is 1. The van der Waals surface area contributed by atoms with Gasteiger partial charge in [0, 0.05) is 6.54 Å². The van der Waals surface area contributed by atoms with E-state index in [2.05, 4.69) is 4.90 Å². The summed E-state index contributed by atoms with van der Waals surface area (Å²) in [4.78, 5) is 13.7. The summed E-state index contributed by atoms with van der Waals surface area (Å²) in [5.41, 5.74) is -0.171. The second-order valence-electron chi connectivity index (χ2n) is 5.94. The third kappa shape index (κ3) is 2.58. The van der Waals surface area contributed by atoms with Crippen LogP contribution in [0.15, 0.2) is 11.9 Å². The number of ether oxygens (including phenoxy) is 1. The average Bonchev–Trinajstić information content (AvgIpc) is 2.71. The number of allylic oxidation sites excluding steroid dienone is 1. The average molecular weight is 255 g/mol. The minimum absolute atomic E-state index is 0.0208. The number of carbonyl (C=O) groups excluding carboxylic acids is 1. The molecule has 0 N–H and O–H groups in total. The second kappa shape index (κ2) is 5.00. The van der Waals surface area contributed by atoms with E-state index < -0.39 is 0 Å². The first-order valence-electron chi connectivity index (χ1n) is 6.63. The number of esters is 1. The van der Waals surface area contributed by atoms with E-state index in [0.29, 0.717) is 6.54 Å². The maximum Gasteiger partial charge on any atom is 0.309 e. The van der Waals surface area contributed by atoms with E-state index in [0.717, 1.165) is 25.9 Å². The van der Waals surface area contributed by atoms with Gasteiger partial charge in [-0.1, -0.05) is 13.8 Å². The van der Waals surface area contributed by atoms with Gasteiger partial charge in [0.05, 0.1) is 13.0 Å². The van der Waals surface area contributed by atoms with Crippen LogP contribution in [0.1, 0.15) is 26.7 Å². The SMILES string of the molecule is COC(=O)[C@H]1[C@@H](/C=C(\F)CN2CCCC2)C1(C)C. The van der Waals surface area contributed by atoms with Gasteiger partial charge in [0.25, 0.3) is 0 Å². The van der Waals surface area contributed by atoms with Gasteiger partial charge in [-0.2, -0.15) is 0 Å². The summed E-state index contributed by atoms with van der Waals surface area (Å²) < 4.78 is 18.7. The number of hydrogen-bond acceptors (Lipinski definition) is 3. The number of rotatable bonds is 4. The van der Waals surface area contributed by atoms with Crippen molar-refractivity contribution >= 4 is 5.97 Å². The number of likely N-dealkylation sites (tertiary alicyclic amines) is 1. The number of nitrogens with zero attached hydrogens (tertiary/aromatic N) is 1. The van der Waals surface area contributed by atoms with Crippen molar-refractivity contribution in [1.82, 2.24) is 4.90 Å². The summed E-state index contributed by atoms with van der Waals surface area (Å²) in [6.07, 6.45) is 3.94. The van der Waals surface area contributed by atoms with Crippen molar-refractivity contribution in [3.8, 4) is 0 Å². The van der Waals surface area contributed by atoms with Gasteiger partial charge in [0.1, 0.15) is 5.83 Å². The van der Waals surface area contributed by atoms with Gasteiger partial charge < -0.3 is 4.74 Å². The molecule has 0 radical (unpaired) electrons. The molecule has 1 heterocycles. The normalized spacial score (nSPS) is 31.4. The van der Waals surface area contributed by atoms with Crippen LogP contribution in [0.2, 0.25) is 0 Å². The third-order valence-corrected chi connectivity index (χ3v) is 4.30. The molecular weight excluding hydrogens is 233 g/mol. The Bertz CT molecular complexity index is 359. The molecule has 1 saturated heterocycles.